The Morgan fingerprint density at radius 2 is 2.05 bits per heavy atom. The van der Waals surface area contributed by atoms with Gasteiger partial charge in [0.05, 0.1) is 28.8 Å². The molecule has 0 bridgehead atoms. The van der Waals surface area contributed by atoms with Gasteiger partial charge in [0.25, 0.3) is 5.91 Å². The quantitative estimate of drug-likeness (QED) is 0.772. The Morgan fingerprint density at radius 1 is 1.32 bits per heavy atom. The van der Waals surface area contributed by atoms with Crippen LogP contribution in [0.2, 0.25) is 0 Å². The first-order valence-corrected chi connectivity index (χ1v) is 5.74. The summed E-state index contributed by atoms with van der Waals surface area (Å²) in [5, 5.41) is 3.08. The molecule has 2 heterocycles. The van der Waals surface area contributed by atoms with E-state index < -0.39 is 5.91 Å². The van der Waals surface area contributed by atoms with Gasteiger partial charge in [-0.05, 0) is 32.0 Å². The molecule has 0 aliphatic heterocycles. The molecule has 2 aromatic rings. The minimum atomic E-state index is -0.582. The van der Waals surface area contributed by atoms with Crippen LogP contribution in [-0.4, -0.2) is 15.9 Å². The van der Waals surface area contributed by atoms with E-state index in [1.807, 2.05) is 26.0 Å². The van der Waals surface area contributed by atoms with Crippen molar-refractivity contribution in [3.8, 4) is 0 Å². The molecule has 6 heteroatoms. The molecule has 5 N–H and O–H groups in total. The topological polar surface area (TPSA) is 107 Å². The highest BCUT2D eigenvalue weighted by molar-refractivity contribution is 5.98. The number of nitrogens with one attached hydrogen (secondary N) is 1. The number of pyridine rings is 2. The summed E-state index contributed by atoms with van der Waals surface area (Å²) in [5.41, 5.74) is 14.0. The number of nitrogen functional groups attached to an aromatic ring is 1. The second kappa shape index (κ2) is 4.93. The van der Waals surface area contributed by atoms with Crippen LogP contribution >= 0.6 is 0 Å². The molecule has 98 valence electrons. The fourth-order valence-electron chi connectivity index (χ4n) is 1.70. The zero-order chi connectivity index (χ0) is 14.0. The van der Waals surface area contributed by atoms with Gasteiger partial charge in [-0.1, -0.05) is 0 Å². The van der Waals surface area contributed by atoms with Gasteiger partial charge < -0.3 is 16.8 Å². The van der Waals surface area contributed by atoms with E-state index in [0.717, 1.165) is 17.1 Å². The first-order chi connectivity index (χ1) is 8.97. The Labute approximate surface area is 110 Å². The molecular formula is C13H15N5O. The Bertz CT molecular complexity index is 639. The Kier molecular flexibility index (Phi) is 3.33. The predicted octanol–water partition coefficient (Wildman–Crippen LogP) is 1.52. The summed E-state index contributed by atoms with van der Waals surface area (Å²) in [6, 6.07) is 5.32. The van der Waals surface area contributed by atoms with Crippen LogP contribution in [0.25, 0.3) is 0 Å². The second-order valence-corrected chi connectivity index (χ2v) is 4.23. The number of primary amides is 1. The van der Waals surface area contributed by atoms with Gasteiger partial charge in [0.15, 0.2) is 0 Å². The van der Waals surface area contributed by atoms with Gasteiger partial charge in [0.2, 0.25) is 0 Å². The number of hydrogen-bond donors (Lipinski definition) is 3. The summed E-state index contributed by atoms with van der Waals surface area (Å²) in [4.78, 5) is 19.7. The molecule has 0 saturated heterocycles. The third-order valence-electron chi connectivity index (χ3n) is 2.69. The average molecular weight is 257 g/mol. The largest absolute Gasteiger partial charge is 0.397 e. The highest BCUT2D eigenvalue weighted by Gasteiger charge is 2.09. The molecule has 2 aromatic heterocycles. The molecule has 0 aromatic carbocycles. The third-order valence-corrected chi connectivity index (χ3v) is 2.69. The van der Waals surface area contributed by atoms with Gasteiger partial charge in [-0.3, -0.25) is 9.78 Å². The highest BCUT2D eigenvalue weighted by Crippen LogP contribution is 2.20. The molecule has 0 spiro atoms. The van der Waals surface area contributed by atoms with E-state index in [2.05, 4.69) is 15.3 Å². The number of hydrogen-bond acceptors (Lipinski definition) is 5. The number of anilines is 3. The van der Waals surface area contributed by atoms with E-state index in [0.29, 0.717) is 5.82 Å². The smallest absolute Gasteiger partial charge is 0.250 e. The van der Waals surface area contributed by atoms with Gasteiger partial charge in [-0.25, -0.2) is 4.98 Å². The van der Waals surface area contributed by atoms with Crippen LogP contribution in [0, 0.1) is 13.8 Å². The van der Waals surface area contributed by atoms with E-state index in [1.54, 1.807) is 0 Å². The summed E-state index contributed by atoms with van der Waals surface area (Å²) < 4.78 is 0. The molecule has 2 rings (SSSR count). The van der Waals surface area contributed by atoms with Crippen molar-refractivity contribution < 1.29 is 4.79 Å². The van der Waals surface area contributed by atoms with Crippen molar-refractivity contribution in [3.63, 3.8) is 0 Å². The van der Waals surface area contributed by atoms with Crippen molar-refractivity contribution in [2.24, 2.45) is 5.73 Å². The van der Waals surface area contributed by atoms with E-state index in [4.69, 9.17) is 11.5 Å². The van der Waals surface area contributed by atoms with Crippen LogP contribution in [0.5, 0.6) is 0 Å². The lowest BCUT2D eigenvalue weighted by Crippen LogP contribution is -2.14. The lowest BCUT2D eigenvalue weighted by atomic mass is 10.2. The molecule has 1 amide bonds. The van der Waals surface area contributed by atoms with E-state index in [1.165, 1.54) is 12.3 Å². The first-order valence-electron chi connectivity index (χ1n) is 5.74. The van der Waals surface area contributed by atoms with Crippen LogP contribution in [0.4, 0.5) is 17.2 Å². The minimum absolute atomic E-state index is 0.246. The third kappa shape index (κ3) is 2.79. The number of aryl methyl sites for hydroxylation is 2. The normalized spacial score (nSPS) is 10.2. The average Bonchev–Trinajstić information content (AvgIpc) is 2.34. The maximum absolute atomic E-state index is 11.2. The lowest BCUT2D eigenvalue weighted by molar-refractivity contribution is 0.100. The van der Waals surface area contributed by atoms with Crippen molar-refractivity contribution in [3.05, 3.63) is 41.3 Å². The molecule has 0 unspecified atom stereocenters. The number of nitrogens with zero attached hydrogens (tertiary/aromatic N) is 2. The SMILES string of the molecule is Cc1ccc(Nc2cc(C(N)=O)c(N)cn2)c(C)n1. The molecular weight excluding hydrogens is 242 g/mol. The van der Waals surface area contributed by atoms with E-state index in [9.17, 15) is 4.79 Å². The highest BCUT2D eigenvalue weighted by atomic mass is 16.1. The van der Waals surface area contributed by atoms with Crippen molar-refractivity contribution in [2.75, 3.05) is 11.1 Å². The molecule has 0 aliphatic rings. The number of rotatable bonds is 3. The van der Waals surface area contributed by atoms with Crippen LogP contribution in [-0.2, 0) is 0 Å². The van der Waals surface area contributed by atoms with Crippen LogP contribution in [0.3, 0.4) is 0 Å². The molecule has 0 aliphatic carbocycles. The molecule has 6 nitrogen and oxygen atoms in total. The first kappa shape index (κ1) is 12.8. The van der Waals surface area contributed by atoms with Crippen LogP contribution in [0.15, 0.2) is 24.4 Å². The van der Waals surface area contributed by atoms with Gasteiger partial charge in [0.1, 0.15) is 5.82 Å². The molecule has 0 radical (unpaired) electrons. The molecule has 19 heavy (non-hydrogen) atoms. The van der Waals surface area contributed by atoms with Gasteiger partial charge in [0, 0.05) is 5.69 Å². The van der Waals surface area contributed by atoms with Gasteiger partial charge in [-0.2, -0.15) is 0 Å². The standard InChI is InChI=1S/C13H15N5O/c1-7-3-4-11(8(2)17-7)18-12-5-9(13(15)19)10(14)6-16-12/h3-6H,14H2,1-2H3,(H2,15,19)(H,16,18). The number of carbonyl (C=O) groups is 1. The summed E-state index contributed by atoms with van der Waals surface area (Å²) in [6.07, 6.45) is 1.40. The summed E-state index contributed by atoms with van der Waals surface area (Å²) in [5.74, 6) is -0.0848. The van der Waals surface area contributed by atoms with Gasteiger partial charge >= 0.3 is 0 Å². The fourth-order valence-corrected chi connectivity index (χ4v) is 1.70. The number of nitrogens with two attached hydrogens (primary N) is 2. The summed E-state index contributed by atoms with van der Waals surface area (Å²) in [7, 11) is 0. The van der Waals surface area contributed by atoms with Crippen molar-refractivity contribution in [1.29, 1.82) is 0 Å². The van der Waals surface area contributed by atoms with Crippen LogP contribution < -0.4 is 16.8 Å². The monoisotopic (exact) mass is 257 g/mol. The predicted molar refractivity (Wildman–Crippen MR) is 74.2 cm³/mol. The maximum Gasteiger partial charge on any atom is 0.250 e. The maximum atomic E-state index is 11.2. The summed E-state index contributed by atoms with van der Waals surface area (Å²) in [6.45, 7) is 3.81. The number of aromatic nitrogens is 2. The van der Waals surface area contributed by atoms with Crippen molar-refractivity contribution >= 4 is 23.1 Å². The second-order valence-electron chi connectivity index (χ2n) is 4.23. The zero-order valence-electron chi connectivity index (χ0n) is 10.8. The fraction of sp³-hybridized carbons (Fsp3) is 0.154. The molecule has 0 atom stereocenters. The zero-order valence-corrected chi connectivity index (χ0v) is 10.8. The Morgan fingerprint density at radius 3 is 2.68 bits per heavy atom. The Hall–Kier alpha value is -2.63. The van der Waals surface area contributed by atoms with Gasteiger partial charge in [-0.15, -0.1) is 0 Å². The molecule has 0 saturated carbocycles. The summed E-state index contributed by atoms with van der Waals surface area (Å²) >= 11 is 0. The Balaban J connectivity index is 2.33. The molecule has 0 fully saturated rings. The van der Waals surface area contributed by atoms with Crippen molar-refractivity contribution in [1.82, 2.24) is 9.97 Å². The minimum Gasteiger partial charge on any atom is -0.397 e. The van der Waals surface area contributed by atoms with Crippen molar-refractivity contribution in [2.45, 2.75) is 13.8 Å². The number of carbonyl (C=O) groups excluding carboxylic acids is 1. The van der Waals surface area contributed by atoms with E-state index in [-0.39, 0.29) is 11.3 Å². The lowest BCUT2D eigenvalue weighted by Gasteiger charge is -2.10. The number of amides is 1. The van der Waals surface area contributed by atoms with E-state index >= 15 is 0 Å². The van der Waals surface area contributed by atoms with Crippen LogP contribution in [0.1, 0.15) is 21.7 Å².